The third-order valence-corrected chi connectivity index (χ3v) is 7.76. The van der Waals surface area contributed by atoms with Crippen LogP contribution in [-0.4, -0.2) is 57.6 Å². The van der Waals surface area contributed by atoms with E-state index in [1.54, 1.807) is 4.68 Å². The van der Waals surface area contributed by atoms with Gasteiger partial charge in [-0.15, -0.1) is 0 Å². The highest BCUT2D eigenvalue weighted by Gasteiger charge is 2.30. The molecule has 2 aliphatic rings. The summed E-state index contributed by atoms with van der Waals surface area (Å²) in [6.45, 7) is 7.46. The first-order valence-electron chi connectivity index (χ1n) is 13.3. The number of amides is 2. The van der Waals surface area contributed by atoms with Crippen LogP contribution in [0.15, 0.2) is 60.8 Å². The molecule has 2 aromatic carbocycles. The first-order chi connectivity index (χ1) is 17.5. The number of hydrogen-bond acceptors (Lipinski definition) is 3. The molecule has 0 spiro atoms. The number of rotatable bonds is 5. The van der Waals surface area contributed by atoms with E-state index in [9.17, 15) is 9.59 Å². The molecule has 0 atom stereocenters. The highest BCUT2D eigenvalue weighted by molar-refractivity contribution is 6.00. The smallest absolute Gasteiger partial charge is 0.257 e. The highest BCUT2D eigenvalue weighted by Crippen LogP contribution is 2.29. The van der Waals surface area contributed by atoms with E-state index < -0.39 is 0 Å². The molecule has 2 aliphatic heterocycles. The summed E-state index contributed by atoms with van der Waals surface area (Å²) >= 11 is 0. The number of aromatic nitrogens is 2. The van der Waals surface area contributed by atoms with Crippen molar-refractivity contribution in [3.63, 3.8) is 0 Å². The van der Waals surface area contributed by atoms with Crippen molar-refractivity contribution in [3.8, 4) is 16.9 Å². The van der Waals surface area contributed by atoms with Crippen molar-refractivity contribution in [1.29, 1.82) is 0 Å². The molecule has 3 heterocycles. The van der Waals surface area contributed by atoms with Crippen molar-refractivity contribution >= 4 is 11.8 Å². The molecule has 0 N–H and O–H groups in total. The van der Waals surface area contributed by atoms with Crippen LogP contribution < -0.4 is 0 Å². The quantitative estimate of drug-likeness (QED) is 0.491. The van der Waals surface area contributed by atoms with Crippen molar-refractivity contribution in [2.45, 2.75) is 46.0 Å². The van der Waals surface area contributed by atoms with Gasteiger partial charge < -0.3 is 9.80 Å². The molecule has 0 saturated carbocycles. The summed E-state index contributed by atoms with van der Waals surface area (Å²) in [7, 11) is 0. The SMILES string of the molecule is Cc1cccc(-c2nn(-c3ccccc3)cc2C(=O)N2CCC(CC(=O)N3CCC(C)CC3)CC2)c1. The summed E-state index contributed by atoms with van der Waals surface area (Å²) in [6, 6.07) is 18.1. The van der Waals surface area contributed by atoms with Gasteiger partial charge in [0.2, 0.25) is 5.91 Å². The van der Waals surface area contributed by atoms with Gasteiger partial charge in [-0.05, 0) is 62.6 Å². The fourth-order valence-corrected chi connectivity index (χ4v) is 5.39. The molecule has 2 fully saturated rings. The van der Waals surface area contributed by atoms with Gasteiger partial charge in [0.1, 0.15) is 5.69 Å². The first-order valence-corrected chi connectivity index (χ1v) is 13.3. The molecule has 0 bridgehead atoms. The standard InChI is InChI=1S/C30H36N4O2/c1-22-11-15-32(16-12-22)28(35)20-24-13-17-33(18-14-24)30(36)27-21-34(26-9-4-3-5-10-26)31-29(27)25-8-6-7-23(2)19-25/h3-10,19,21-22,24H,11-18,20H2,1-2H3. The molecule has 0 radical (unpaired) electrons. The summed E-state index contributed by atoms with van der Waals surface area (Å²) in [4.78, 5) is 30.5. The van der Waals surface area contributed by atoms with E-state index >= 15 is 0 Å². The maximum Gasteiger partial charge on any atom is 0.257 e. The predicted octanol–water partition coefficient (Wildman–Crippen LogP) is 5.35. The molecule has 188 valence electrons. The normalized spacial score (nSPS) is 17.4. The molecule has 6 nitrogen and oxygen atoms in total. The molecule has 5 rings (SSSR count). The Morgan fingerprint density at radius 2 is 1.58 bits per heavy atom. The summed E-state index contributed by atoms with van der Waals surface area (Å²) < 4.78 is 1.80. The number of carbonyl (C=O) groups excluding carboxylic acids is 2. The Hall–Kier alpha value is -3.41. The first kappa shape index (κ1) is 24.3. The third-order valence-electron chi connectivity index (χ3n) is 7.76. The van der Waals surface area contributed by atoms with Crippen LogP contribution in [0.1, 0.15) is 54.9 Å². The molecule has 2 saturated heterocycles. The average molecular weight is 485 g/mol. The minimum absolute atomic E-state index is 0.0171. The number of aryl methyl sites for hydroxylation is 1. The van der Waals surface area contributed by atoms with Crippen molar-refractivity contribution < 1.29 is 9.59 Å². The van der Waals surface area contributed by atoms with E-state index in [2.05, 4.69) is 26.0 Å². The summed E-state index contributed by atoms with van der Waals surface area (Å²) in [5.74, 6) is 1.38. The predicted molar refractivity (Wildman–Crippen MR) is 142 cm³/mol. The summed E-state index contributed by atoms with van der Waals surface area (Å²) in [5.41, 5.74) is 4.35. The largest absolute Gasteiger partial charge is 0.343 e. The second-order valence-corrected chi connectivity index (χ2v) is 10.5. The van der Waals surface area contributed by atoms with Crippen LogP contribution in [0.4, 0.5) is 0 Å². The van der Waals surface area contributed by atoms with E-state index in [-0.39, 0.29) is 11.8 Å². The topological polar surface area (TPSA) is 58.4 Å². The van der Waals surface area contributed by atoms with Gasteiger partial charge in [0.05, 0.1) is 11.3 Å². The second-order valence-electron chi connectivity index (χ2n) is 10.5. The molecule has 0 aliphatic carbocycles. The summed E-state index contributed by atoms with van der Waals surface area (Å²) in [5, 5.41) is 4.84. The Kier molecular flexibility index (Phi) is 7.21. The average Bonchev–Trinajstić information content (AvgIpc) is 3.35. The number of nitrogens with zero attached hydrogens (tertiary/aromatic N) is 4. The van der Waals surface area contributed by atoms with Crippen molar-refractivity contribution in [1.82, 2.24) is 19.6 Å². The van der Waals surface area contributed by atoms with Gasteiger partial charge in [-0.3, -0.25) is 9.59 Å². The molecule has 1 aromatic heterocycles. The van der Waals surface area contributed by atoms with Gasteiger partial charge in [-0.25, -0.2) is 4.68 Å². The van der Waals surface area contributed by atoms with Gasteiger partial charge in [-0.1, -0.05) is 48.9 Å². The Balaban J connectivity index is 1.29. The van der Waals surface area contributed by atoms with Crippen LogP contribution in [0, 0.1) is 18.8 Å². The lowest BCUT2D eigenvalue weighted by Crippen LogP contribution is -2.42. The van der Waals surface area contributed by atoms with Crippen LogP contribution in [0.2, 0.25) is 0 Å². The van der Waals surface area contributed by atoms with Crippen LogP contribution in [0.5, 0.6) is 0 Å². The number of likely N-dealkylation sites (tertiary alicyclic amines) is 2. The molecule has 2 amide bonds. The van der Waals surface area contributed by atoms with E-state index in [4.69, 9.17) is 5.10 Å². The van der Waals surface area contributed by atoms with Crippen molar-refractivity contribution in [2.24, 2.45) is 11.8 Å². The van der Waals surface area contributed by atoms with Crippen LogP contribution in [0.25, 0.3) is 16.9 Å². The number of carbonyl (C=O) groups is 2. The fraction of sp³-hybridized carbons (Fsp3) is 0.433. The molecular formula is C30H36N4O2. The fourth-order valence-electron chi connectivity index (χ4n) is 5.39. The van der Waals surface area contributed by atoms with Gasteiger partial charge in [0.15, 0.2) is 0 Å². The van der Waals surface area contributed by atoms with Gasteiger partial charge in [0, 0.05) is 44.4 Å². The maximum atomic E-state index is 13.7. The maximum absolute atomic E-state index is 13.7. The number of benzene rings is 2. The zero-order chi connectivity index (χ0) is 25.1. The van der Waals surface area contributed by atoms with E-state index in [1.807, 2.05) is 58.5 Å². The van der Waals surface area contributed by atoms with Crippen LogP contribution in [-0.2, 0) is 4.79 Å². The van der Waals surface area contributed by atoms with Gasteiger partial charge in [0.25, 0.3) is 5.91 Å². The third kappa shape index (κ3) is 5.38. The Bertz CT molecular complexity index is 1200. The number of para-hydroxylation sites is 1. The summed E-state index contributed by atoms with van der Waals surface area (Å²) in [6.07, 6.45) is 6.43. The van der Waals surface area contributed by atoms with Crippen LogP contribution >= 0.6 is 0 Å². The van der Waals surface area contributed by atoms with E-state index in [0.29, 0.717) is 36.7 Å². The molecule has 36 heavy (non-hydrogen) atoms. The van der Waals surface area contributed by atoms with Crippen molar-refractivity contribution in [3.05, 3.63) is 71.9 Å². The zero-order valence-electron chi connectivity index (χ0n) is 21.4. The minimum Gasteiger partial charge on any atom is -0.343 e. The minimum atomic E-state index is 0.0171. The lowest BCUT2D eigenvalue weighted by atomic mass is 9.91. The number of piperidine rings is 2. The van der Waals surface area contributed by atoms with Gasteiger partial charge in [-0.2, -0.15) is 5.10 Å². The van der Waals surface area contributed by atoms with Gasteiger partial charge >= 0.3 is 0 Å². The van der Waals surface area contributed by atoms with E-state index in [0.717, 1.165) is 61.5 Å². The molecule has 0 unspecified atom stereocenters. The monoisotopic (exact) mass is 484 g/mol. The zero-order valence-corrected chi connectivity index (χ0v) is 21.4. The molecular weight excluding hydrogens is 448 g/mol. The number of hydrogen-bond donors (Lipinski definition) is 0. The lowest BCUT2D eigenvalue weighted by molar-refractivity contribution is -0.133. The second kappa shape index (κ2) is 10.7. The van der Waals surface area contributed by atoms with Crippen LogP contribution in [0.3, 0.4) is 0 Å². The molecule has 6 heteroatoms. The Morgan fingerprint density at radius 1 is 0.889 bits per heavy atom. The highest BCUT2D eigenvalue weighted by atomic mass is 16.2. The Morgan fingerprint density at radius 3 is 2.28 bits per heavy atom. The van der Waals surface area contributed by atoms with Crippen molar-refractivity contribution in [2.75, 3.05) is 26.2 Å². The molecule has 3 aromatic rings. The van der Waals surface area contributed by atoms with E-state index in [1.165, 1.54) is 0 Å². The Labute approximate surface area is 213 Å². The lowest BCUT2D eigenvalue weighted by Gasteiger charge is -2.34.